The van der Waals surface area contributed by atoms with Gasteiger partial charge in [-0.25, -0.2) is 4.79 Å². The summed E-state index contributed by atoms with van der Waals surface area (Å²) in [6, 6.07) is 0.607. The maximum atomic E-state index is 12.0. The molecule has 0 radical (unpaired) electrons. The van der Waals surface area contributed by atoms with Crippen molar-refractivity contribution in [2.75, 3.05) is 6.54 Å². The fourth-order valence-corrected chi connectivity index (χ4v) is 2.61. The molecule has 2 fully saturated rings. The molecule has 1 amide bonds. The SMILES string of the molecule is CC(C)(C)OC(=O)N1CCC(N)C2CCC21. The molecule has 0 aromatic heterocycles. The maximum Gasteiger partial charge on any atom is 0.410 e. The lowest BCUT2D eigenvalue weighted by molar-refractivity contribution is -0.0282. The number of ether oxygens (including phenoxy) is 1. The van der Waals surface area contributed by atoms with Crippen LogP contribution in [0.25, 0.3) is 0 Å². The lowest BCUT2D eigenvalue weighted by Gasteiger charge is -2.50. The average molecular weight is 226 g/mol. The molecule has 92 valence electrons. The zero-order chi connectivity index (χ0) is 11.9. The van der Waals surface area contributed by atoms with Crippen molar-refractivity contribution in [1.29, 1.82) is 0 Å². The van der Waals surface area contributed by atoms with Crippen molar-refractivity contribution in [2.24, 2.45) is 11.7 Å². The average Bonchev–Trinajstić information content (AvgIpc) is 2.04. The van der Waals surface area contributed by atoms with Crippen LogP contribution in [0, 0.1) is 5.92 Å². The molecule has 4 nitrogen and oxygen atoms in total. The number of hydrogen-bond donors (Lipinski definition) is 1. The first-order valence-corrected chi connectivity index (χ1v) is 6.14. The minimum atomic E-state index is -0.407. The molecule has 1 saturated carbocycles. The Bertz CT molecular complexity index is 285. The fourth-order valence-electron chi connectivity index (χ4n) is 2.61. The van der Waals surface area contributed by atoms with Gasteiger partial charge in [-0.15, -0.1) is 0 Å². The third-order valence-corrected chi connectivity index (χ3v) is 3.57. The predicted octanol–water partition coefficient (Wildman–Crippen LogP) is 1.73. The molecule has 0 bridgehead atoms. The lowest BCUT2D eigenvalue weighted by Crippen LogP contribution is -2.61. The van der Waals surface area contributed by atoms with E-state index in [9.17, 15) is 4.79 Å². The van der Waals surface area contributed by atoms with Crippen LogP contribution < -0.4 is 5.73 Å². The third kappa shape index (κ3) is 2.17. The number of carbonyl (C=O) groups excluding carboxylic acids is 1. The standard InChI is InChI=1S/C12H22N2O2/c1-12(2,3)16-11(15)14-7-6-9(13)8-4-5-10(8)14/h8-10H,4-7,13H2,1-3H3. The molecule has 2 rings (SSSR count). The van der Waals surface area contributed by atoms with Gasteiger partial charge in [-0.2, -0.15) is 0 Å². The topological polar surface area (TPSA) is 55.6 Å². The van der Waals surface area contributed by atoms with Gasteiger partial charge in [0.2, 0.25) is 0 Å². The summed E-state index contributed by atoms with van der Waals surface area (Å²) in [5, 5.41) is 0. The molecule has 16 heavy (non-hydrogen) atoms. The van der Waals surface area contributed by atoms with Crippen LogP contribution >= 0.6 is 0 Å². The first kappa shape index (κ1) is 11.7. The largest absolute Gasteiger partial charge is 0.444 e. The highest BCUT2D eigenvalue weighted by Gasteiger charge is 2.45. The van der Waals surface area contributed by atoms with Crippen molar-refractivity contribution in [3.05, 3.63) is 0 Å². The van der Waals surface area contributed by atoms with Crippen LogP contribution in [0.5, 0.6) is 0 Å². The summed E-state index contributed by atoms with van der Waals surface area (Å²) in [5.74, 6) is 0.501. The van der Waals surface area contributed by atoms with Crippen molar-refractivity contribution in [3.63, 3.8) is 0 Å². The second-order valence-electron chi connectivity index (χ2n) is 5.93. The van der Waals surface area contributed by atoms with Gasteiger partial charge in [0.25, 0.3) is 0 Å². The van der Waals surface area contributed by atoms with Crippen molar-refractivity contribution in [2.45, 2.75) is 57.7 Å². The molecular formula is C12H22N2O2. The van der Waals surface area contributed by atoms with Gasteiger partial charge in [-0.3, -0.25) is 0 Å². The van der Waals surface area contributed by atoms with Gasteiger partial charge in [0.15, 0.2) is 0 Å². The molecule has 2 N–H and O–H groups in total. The van der Waals surface area contributed by atoms with Gasteiger partial charge in [0.1, 0.15) is 5.60 Å². The van der Waals surface area contributed by atoms with Crippen LogP contribution in [0.4, 0.5) is 4.79 Å². The number of amides is 1. The van der Waals surface area contributed by atoms with Crippen LogP contribution in [-0.4, -0.2) is 35.2 Å². The molecule has 0 aromatic carbocycles. The number of hydrogen-bond acceptors (Lipinski definition) is 3. The van der Waals surface area contributed by atoms with Crippen LogP contribution in [0.15, 0.2) is 0 Å². The van der Waals surface area contributed by atoms with E-state index in [-0.39, 0.29) is 12.1 Å². The molecule has 0 spiro atoms. The fraction of sp³-hybridized carbons (Fsp3) is 0.917. The monoisotopic (exact) mass is 226 g/mol. The number of rotatable bonds is 0. The Kier molecular flexibility index (Phi) is 2.86. The molecule has 1 aliphatic heterocycles. The highest BCUT2D eigenvalue weighted by molar-refractivity contribution is 5.69. The predicted molar refractivity (Wildman–Crippen MR) is 62.0 cm³/mol. The second kappa shape index (κ2) is 3.91. The van der Waals surface area contributed by atoms with E-state index in [4.69, 9.17) is 10.5 Å². The highest BCUT2D eigenvalue weighted by atomic mass is 16.6. The Balaban J connectivity index is 1.97. The number of nitrogens with two attached hydrogens (primary N) is 1. The summed E-state index contributed by atoms with van der Waals surface area (Å²) in [6.07, 6.45) is 2.97. The first-order valence-electron chi connectivity index (χ1n) is 6.14. The molecule has 3 unspecified atom stereocenters. The third-order valence-electron chi connectivity index (χ3n) is 3.57. The minimum Gasteiger partial charge on any atom is -0.444 e. The van der Waals surface area contributed by atoms with Gasteiger partial charge in [0, 0.05) is 18.6 Å². The van der Waals surface area contributed by atoms with Crippen LogP contribution in [0.3, 0.4) is 0 Å². The maximum absolute atomic E-state index is 12.0. The second-order valence-corrected chi connectivity index (χ2v) is 5.93. The summed E-state index contributed by atoms with van der Waals surface area (Å²) in [4.78, 5) is 13.9. The van der Waals surface area contributed by atoms with E-state index in [0.29, 0.717) is 12.0 Å². The Morgan fingerprint density at radius 1 is 1.31 bits per heavy atom. The summed E-state index contributed by atoms with van der Waals surface area (Å²) >= 11 is 0. The first-order chi connectivity index (χ1) is 7.38. The molecule has 4 heteroatoms. The van der Waals surface area contributed by atoms with Crippen LogP contribution in [0.1, 0.15) is 40.0 Å². The van der Waals surface area contributed by atoms with Gasteiger partial charge in [-0.05, 0) is 46.0 Å². The Labute approximate surface area is 97.1 Å². The molecule has 1 aliphatic carbocycles. The van der Waals surface area contributed by atoms with Crippen LogP contribution in [0.2, 0.25) is 0 Å². The van der Waals surface area contributed by atoms with Gasteiger partial charge >= 0.3 is 6.09 Å². The highest BCUT2D eigenvalue weighted by Crippen LogP contribution is 2.39. The summed E-state index contributed by atoms with van der Waals surface area (Å²) in [6.45, 7) is 6.45. The van der Waals surface area contributed by atoms with Gasteiger partial charge in [-0.1, -0.05) is 0 Å². The number of carbonyl (C=O) groups is 1. The van der Waals surface area contributed by atoms with E-state index < -0.39 is 5.60 Å². The molecular weight excluding hydrogens is 204 g/mol. The van der Waals surface area contributed by atoms with Gasteiger partial charge in [0.05, 0.1) is 0 Å². The van der Waals surface area contributed by atoms with Crippen molar-refractivity contribution in [3.8, 4) is 0 Å². The number of fused-ring (bicyclic) bond motifs is 1. The van der Waals surface area contributed by atoms with E-state index >= 15 is 0 Å². The Morgan fingerprint density at radius 2 is 2.00 bits per heavy atom. The molecule has 2 aliphatic rings. The Morgan fingerprint density at radius 3 is 2.50 bits per heavy atom. The van der Waals surface area contributed by atoms with E-state index in [1.54, 1.807) is 0 Å². The van der Waals surface area contributed by atoms with Crippen molar-refractivity contribution >= 4 is 6.09 Å². The lowest BCUT2D eigenvalue weighted by atomic mass is 9.71. The Hall–Kier alpha value is -0.770. The quantitative estimate of drug-likeness (QED) is 0.684. The number of nitrogens with zero attached hydrogens (tertiary/aromatic N) is 1. The summed E-state index contributed by atoms with van der Waals surface area (Å²) in [7, 11) is 0. The minimum absolute atomic E-state index is 0.172. The smallest absolute Gasteiger partial charge is 0.410 e. The van der Waals surface area contributed by atoms with E-state index in [2.05, 4.69) is 0 Å². The van der Waals surface area contributed by atoms with Gasteiger partial charge < -0.3 is 15.4 Å². The molecule has 3 atom stereocenters. The molecule has 0 aromatic rings. The van der Waals surface area contributed by atoms with Crippen molar-refractivity contribution < 1.29 is 9.53 Å². The van der Waals surface area contributed by atoms with E-state index in [1.807, 2.05) is 25.7 Å². The normalized spacial score (nSPS) is 34.0. The summed E-state index contributed by atoms with van der Waals surface area (Å²) < 4.78 is 5.41. The number of piperidine rings is 1. The van der Waals surface area contributed by atoms with E-state index in [0.717, 1.165) is 25.8 Å². The molecule has 1 saturated heterocycles. The van der Waals surface area contributed by atoms with E-state index in [1.165, 1.54) is 0 Å². The van der Waals surface area contributed by atoms with Crippen LogP contribution in [-0.2, 0) is 4.74 Å². The zero-order valence-electron chi connectivity index (χ0n) is 10.4. The zero-order valence-corrected chi connectivity index (χ0v) is 10.4. The van der Waals surface area contributed by atoms with Crippen molar-refractivity contribution in [1.82, 2.24) is 4.90 Å². The number of likely N-dealkylation sites (tertiary alicyclic amines) is 1. The molecule has 1 heterocycles. The summed E-state index contributed by atoms with van der Waals surface area (Å²) in [5.41, 5.74) is 5.62.